The normalized spacial score (nSPS) is 11.6. The smallest absolute Gasteiger partial charge is 0.226 e. The van der Waals surface area contributed by atoms with Crippen LogP contribution < -0.4 is 11.1 Å². The minimum atomic E-state index is -0.623. The number of amides is 1. The van der Waals surface area contributed by atoms with Gasteiger partial charge in [0.05, 0.1) is 29.8 Å². The minimum Gasteiger partial charge on any atom is -0.399 e. The molecule has 0 aliphatic heterocycles. The lowest BCUT2D eigenvalue weighted by Crippen LogP contribution is -2.46. The van der Waals surface area contributed by atoms with E-state index in [0.29, 0.717) is 11.4 Å². The van der Waals surface area contributed by atoms with Gasteiger partial charge in [-0.05, 0) is 38.1 Å². The third-order valence-corrected chi connectivity index (χ3v) is 2.99. The molecule has 2 aromatic rings. The molecule has 106 valence electrons. The number of pyridine rings is 1. The molecule has 1 amide bonds. The van der Waals surface area contributed by atoms with Crippen molar-refractivity contribution in [2.75, 3.05) is 12.3 Å². The predicted octanol–water partition coefficient (Wildman–Crippen LogP) is 1.25. The maximum atomic E-state index is 11.9. The van der Waals surface area contributed by atoms with E-state index in [9.17, 15) is 4.79 Å². The molecule has 0 bridgehead atoms. The zero-order valence-corrected chi connectivity index (χ0v) is 11.7. The fraction of sp³-hybridized carbons (Fsp3) is 0.333. The maximum Gasteiger partial charge on any atom is 0.226 e. The van der Waals surface area contributed by atoms with Gasteiger partial charge in [0.1, 0.15) is 0 Å². The molecule has 0 aliphatic carbocycles. The molecule has 20 heavy (non-hydrogen) atoms. The molecule has 0 fully saturated rings. The third kappa shape index (κ3) is 3.45. The molecule has 4 N–H and O–H groups in total. The summed E-state index contributed by atoms with van der Waals surface area (Å²) in [6.45, 7) is 3.42. The average molecular weight is 273 g/mol. The molecule has 1 aromatic heterocycles. The third-order valence-electron chi connectivity index (χ3n) is 2.99. The summed E-state index contributed by atoms with van der Waals surface area (Å²) in [5, 5.41) is 12.8. The molecule has 2 rings (SSSR count). The zero-order chi connectivity index (χ0) is 14.8. The number of nitrogens with one attached hydrogen (secondary N) is 1. The number of carbonyl (C=O) groups excluding carboxylic acids is 1. The first kappa shape index (κ1) is 14.3. The van der Waals surface area contributed by atoms with E-state index in [-0.39, 0.29) is 18.9 Å². The van der Waals surface area contributed by atoms with E-state index >= 15 is 0 Å². The number of carbonyl (C=O) groups is 1. The largest absolute Gasteiger partial charge is 0.399 e. The molecule has 0 saturated carbocycles. The van der Waals surface area contributed by atoms with Crippen LogP contribution in [0.1, 0.15) is 19.5 Å². The summed E-state index contributed by atoms with van der Waals surface area (Å²) >= 11 is 0. The topological polar surface area (TPSA) is 88.2 Å². The highest BCUT2D eigenvalue weighted by Crippen LogP contribution is 2.16. The molecule has 1 heterocycles. The number of benzene rings is 1. The molecule has 0 radical (unpaired) electrons. The van der Waals surface area contributed by atoms with Crippen molar-refractivity contribution in [2.45, 2.75) is 25.8 Å². The van der Waals surface area contributed by atoms with Gasteiger partial charge < -0.3 is 16.2 Å². The number of aliphatic hydroxyl groups excluding tert-OH is 1. The van der Waals surface area contributed by atoms with Crippen molar-refractivity contribution >= 4 is 22.5 Å². The van der Waals surface area contributed by atoms with Gasteiger partial charge in [-0.25, -0.2) is 0 Å². The monoisotopic (exact) mass is 273 g/mol. The summed E-state index contributed by atoms with van der Waals surface area (Å²) in [6, 6.07) is 9.19. The van der Waals surface area contributed by atoms with Gasteiger partial charge in [0.25, 0.3) is 0 Å². The summed E-state index contributed by atoms with van der Waals surface area (Å²) in [7, 11) is 0. The van der Waals surface area contributed by atoms with Gasteiger partial charge >= 0.3 is 0 Å². The number of aliphatic hydroxyl groups is 1. The van der Waals surface area contributed by atoms with Crippen molar-refractivity contribution in [2.24, 2.45) is 0 Å². The number of anilines is 1. The van der Waals surface area contributed by atoms with Gasteiger partial charge in [0.2, 0.25) is 5.91 Å². The standard InChI is InChI=1S/C15H19N3O2/c1-15(2,9-19)18-14(20)8-12-5-3-10-7-11(16)4-6-13(10)17-12/h3-7,19H,8-9,16H2,1-2H3,(H,18,20). The number of nitrogen functional groups attached to an aromatic ring is 1. The zero-order valence-electron chi connectivity index (χ0n) is 11.7. The van der Waals surface area contributed by atoms with E-state index in [1.807, 2.05) is 24.3 Å². The Kier molecular flexibility index (Phi) is 3.90. The molecule has 5 nitrogen and oxygen atoms in total. The SMILES string of the molecule is CC(C)(CO)NC(=O)Cc1ccc2cc(N)ccc2n1. The van der Waals surface area contributed by atoms with E-state index in [2.05, 4.69) is 10.3 Å². The Hall–Kier alpha value is -2.14. The minimum absolute atomic E-state index is 0.108. The Bertz CT molecular complexity index is 638. The fourth-order valence-corrected chi connectivity index (χ4v) is 1.91. The number of nitrogens with zero attached hydrogens (tertiary/aromatic N) is 1. The van der Waals surface area contributed by atoms with E-state index < -0.39 is 5.54 Å². The lowest BCUT2D eigenvalue weighted by Gasteiger charge is -2.23. The predicted molar refractivity (Wildman–Crippen MR) is 79.2 cm³/mol. The molecule has 0 unspecified atom stereocenters. The van der Waals surface area contributed by atoms with Gasteiger partial charge in [0.15, 0.2) is 0 Å². The molecule has 0 saturated heterocycles. The maximum absolute atomic E-state index is 11.9. The lowest BCUT2D eigenvalue weighted by atomic mass is 10.1. The van der Waals surface area contributed by atoms with Crippen LogP contribution in [0.4, 0.5) is 5.69 Å². The van der Waals surface area contributed by atoms with Crippen molar-refractivity contribution in [1.29, 1.82) is 0 Å². The average Bonchev–Trinajstić information content (AvgIpc) is 2.38. The Morgan fingerprint density at radius 2 is 2.10 bits per heavy atom. The number of fused-ring (bicyclic) bond motifs is 1. The van der Waals surface area contributed by atoms with Crippen molar-refractivity contribution < 1.29 is 9.90 Å². The second kappa shape index (κ2) is 5.46. The van der Waals surface area contributed by atoms with Gasteiger partial charge in [-0.1, -0.05) is 6.07 Å². The molecule has 0 spiro atoms. The van der Waals surface area contributed by atoms with Crippen molar-refractivity contribution in [3.05, 3.63) is 36.0 Å². The Balaban J connectivity index is 2.14. The Morgan fingerprint density at radius 1 is 1.35 bits per heavy atom. The van der Waals surface area contributed by atoms with E-state index in [0.717, 1.165) is 10.9 Å². The van der Waals surface area contributed by atoms with Crippen molar-refractivity contribution in [3.63, 3.8) is 0 Å². The summed E-state index contributed by atoms with van der Waals surface area (Å²) in [4.78, 5) is 16.3. The molecule has 0 aliphatic rings. The van der Waals surface area contributed by atoms with Crippen LogP contribution in [0.3, 0.4) is 0 Å². The molecular weight excluding hydrogens is 254 g/mol. The van der Waals surface area contributed by atoms with Gasteiger partial charge in [0, 0.05) is 11.1 Å². The van der Waals surface area contributed by atoms with Crippen molar-refractivity contribution in [1.82, 2.24) is 10.3 Å². The van der Waals surface area contributed by atoms with Crippen LogP contribution in [0.15, 0.2) is 30.3 Å². The summed E-state index contributed by atoms with van der Waals surface area (Å²) in [6.07, 6.45) is 0.184. The van der Waals surface area contributed by atoms with Crippen LogP contribution in [-0.2, 0) is 11.2 Å². The summed E-state index contributed by atoms with van der Waals surface area (Å²) in [5.74, 6) is -0.161. The van der Waals surface area contributed by atoms with Crippen LogP contribution in [0.5, 0.6) is 0 Å². The second-order valence-electron chi connectivity index (χ2n) is 5.52. The second-order valence-corrected chi connectivity index (χ2v) is 5.52. The number of aromatic nitrogens is 1. The first-order chi connectivity index (χ1) is 9.39. The first-order valence-corrected chi connectivity index (χ1v) is 6.47. The summed E-state index contributed by atoms with van der Waals surface area (Å²) in [5.41, 5.74) is 7.28. The van der Waals surface area contributed by atoms with Crippen molar-refractivity contribution in [3.8, 4) is 0 Å². The highest BCUT2D eigenvalue weighted by atomic mass is 16.3. The van der Waals surface area contributed by atoms with Crippen LogP contribution >= 0.6 is 0 Å². The number of nitrogens with two attached hydrogens (primary N) is 1. The van der Waals surface area contributed by atoms with Gasteiger partial charge in [-0.3, -0.25) is 9.78 Å². The number of hydrogen-bond acceptors (Lipinski definition) is 4. The Morgan fingerprint density at radius 3 is 2.80 bits per heavy atom. The highest BCUT2D eigenvalue weighted by molar-refractivity contribution is 5.83. The molecule has 1 aromatic carbocycles. The lowest BCUT2D eigenvalue weighted by molar-refractivity contribution is -0.122. The van der Waals surface area contributed by atoms with Crippen LogP contribution in [0, 0.1) is 0 Å². The molecule has 5 heteroatoms. The fourth-order valence-electron chi connectivity index (χ4n) is 1.91. The van der Waals surface area contributed by atoms with Crippen LogP contribution in [-0.4, -0.2) is 28.1 Å². The quantitative estimate of drug-likeness (QED) is 0.731. The van der Waals surface area contributed by atoms with E-state index in [1.54, 1.807) is 19.9 Å². The van der Waals surface area contributed by atoms with Crippen LogP contribution in [0.25, 0.3) is 10.9 Å². The Labute approximate surface area is 117 Å². The van der Waals surface area contributed by atoms with Gasteiger partial charge in [-0.15, -0.1) is 0 Å². The van der Waals surface area contributed by atoms with E-state index in [1.165, 1.54) is 0 Å². The van der Waals surface area contributed by atoms with Gasteiger partial charge in [-0.2, -0.15) is 0 Å². The number of hydrogen-bond donors (Lipinski definition) is 3. The molecular formula is C15H19N3O2. The van der Waals surface area contributed by atoms with Crippen LogP contribution in [0.2, 0.25) is 0 Å². The first-order valence-electron chi connectivity index (χ1n) is 6.47. The highest BCUT2D eigenvalue weighted by Gasteiger charge is 2.19. The number of rotatable bonds is 4. The molecule has 0 atom stereocenters. The summed E-state index contributed by atoms with van der Waals surface area (Å²) < 4.78 is 0. The van der Waals surface area contributed by atoms with E-state index in [4.69, 9.17) is 10.8 Å².